The van der Waals surface area contributed by atoms with Gasteiger partial charge in [0.15, 0.2) is 0 Å². The van der Waals surface area contributed by atoms with Gasteiger partial charge in [-0.3, -0.25) is 4.90 Å². The Morgan fingerprint density at radius 2 is 2.33 bits per heavy atom. The monoisotopic (exact) mass is 249 g/mol. The van der Waals surface area contributed by atoms with E-state index in [0.29, 0.717) is 6.04 Å². The van der Waals surface area contributed by atoms with Gasteiger partial charge in [0.25, 0.3) is 0 Å². The van der Waals surface area contributed by atoms with E-state index in [1.54, 1.807) is 0 Å². The Labute approximate surface area is 109 Å². The number of nitrogens with zero attached hydrogens (tertiary/aromatic N) is 2. The van der Waals surface area contributed by atoms with Crippen LogP contribution in [0.1, 0.15) is 31.2 Å². The molecule has 1 fully saturated rings. The molecule has 0 spiro atoms. The number of hydrogen-bond acceptors (Lipinski definition) is 4. The lowest BCUT2D eigenvalue weighted by atomic mass is 9.91. The summed E-state index contributed by atoms with van der Waals surface area (Å²) in [4.78, 5) is 6.73. The fourth-order valence-corrected chi connectivity index (χ4v) is 2.36. The number of pyridine rings is 1. The molecule has 0 unspecified atom stereocenters. The van der Waals surface area contributed by atoms with Gasteiger partial charge in [0.2, 0.25) is 0 Å². The van der Waals surface area contributed by atoms with Crippen LogP contribution in [0.25, 0.3) is 0 Å². The van der Waals surface area contributed by atoms with Crippen molar-refractivity contribution in [2.24, 2.45) is 0 Å². The molecule has 2 N–H and O–H groups in total. The first-order valence-corrected chi connectivity index (χ1v) is 6.81. The molecule has 0 aromatic carbocycles. The maximum Gasteiger partial charge on any atom is 0.125 e. The van der Waals surface area contributed by atoms with Crippen LogP contribution in [-0.4, -0.2) is 41.2 Å². The number of aromatic nitrogens is 1. The minimum absolute atomic E-state index is 0.279. The third-order valence-electron chi connectivity index (χ3n) is 3.66. The molecule has 1 aromatic heterocycles. The van der Waals surface area contributed by atoms with E-state index in [-0.39, 0.29) is 6.61 Å². The second-order valence-corrected chi connectivity index (χ2v) is 4.93. The number of nitrogens with one attached hydrogen (secondary N) is 1. The van der Waals surface area contributed by atoms with Crippen LogP contribution in [0.4, 0.5) is 5.82 Å². The van der Waals surface area contributed by atoms with E-state index in [4.69, 9.17) is 5.11 Å². The van der Waals surface area contributed by atoms with Crippen LogP contribution in [-0.2, 0) is 6.54 Å². The fourth-order valence-electron chi connectivity index (χ4n) is 2.36. The molecule has 0 amide bonds. The van der Waals surface area contributed by atoms with Crippen molar-refractivity contribution < 1.29 is 5.11 Å². The summed E-state index contributed by atoms with van der Waals surface area (Å²) in [5.74, 6) is 0.920. The van der Waals surface area contributed by atoms with Gasteiger partial charge >= 0.3 is 0 Å². The average Bonchev–Trinajstić information content (AvgIpc) is 2.34. The Kier molecular flexibility index (Phi) is 4.96. The van der Waals surface area contributed by atoms with E-state index >= 15 is 0 Å². The Bertz CT molecular complexity index is 366. The Morgan fingerprint density at radius 1 is 1.50 bits per heavy atom. The van der Waals surface area contributed by atoms with Crippen molar-refractivity contribution in [1.29, 1.82) is 0 Å². The first-order chi connectivity index (χ1) is 8.83. The van der Waals surface area contributed by atoms with E-state index in [2.05, 4.69) is 27.3 Å². The molecular formula is C14H23N3O. The van der Waals surface area contributed by atoms with E-state index < -0.39 is 0 Å². The molecule has 0 saturated heterocycles. The summed E-state index contributed by atoms with van der Waals surface area (Å²) in [6.07, 6.45) is 6.66. The zero-order valence-electron chi connectivity index (χ0n) is 11.1. The minimum Gasteiger partial charge on any atom is -0.396 e. The summed E-state index contributed by atoms with van der Waals surface area (Å²) in [6.45, 7) is 2.22. The molecule has 1 aliphatic rings. The van der Waals surface area contributed by atoms with Crippen molar-refractivity contribution in [3.8, 4) is 0 Å². The lowest BCUT2D eigenvalue weighted by Crippen LogP contribution is -2.40. The third kappa shape index (κ3) is 3.43. The molecule has 0 aliphatic heterocycles. The highest BCUT2D eigenvalue weighted by atomic mass is 16.3. The first-order valence-electron chi connectivity index (χ1n) is 6.81. The first kappa shape index (κ1) is 13.3. The van der Waals surface area contributed by atoms with Crippen LogP contribution < -0.4 is 5.32 Å². The van der Waals surface area contributed by atoms with E-state index in [1.807, 2.05) is 13.2 Å². The van der Waals surface area contributed by atoms with Gasteiger partial charge in [0.05, 0.1) is 0 Å². The summed E-state index contributed by atoms with van der Waals surface area (Å²) in [6, 6.07) is 4.89. The second kappa shape index (κ2) is 6.71. The summed E-state index contributed by atoms with van der Waals surface area (Å²) >= 11 is 0. The summed E-state index contributed by atoms with van der Waals surface area (Å²) in [7, 11) is 1.89. The fraction of sp³-hybridized carbons (Fsp3) is 0.643. The Hall–Kier alpha value is -1.13. The topological polar surface area (TPSA) is 48.4 Å². The molecule has 4 heteroatoms. The van der Waals surface area contributed by atoms with Crippen LogP contribution in [0.2, 0.25) is 0 Å². The molecule has 2 rings (SSSR count). The van der Waals surface area contributed by atoms with Crippen molar-refractivity contribution in [3.05, 3.63) is 23.9 Å². The van der Waals surface area contributed by atoms with Crippen LogP contribution in [0.5, 0.6) is 0 Å². The molecule has 0 radical (unpaired) electrons. The second-order valence-electron chi connectivity index (χ2n) is 4.93. The third-order valence-corrected chi connectivity index (χ3v) is 3.66. The molecule has 1 aliphatic carbocycles. The number of rotatable bonds is 7. The molecule has 1 aromatic rings. The predicted octanol–water partition coefficient (Wildman–Crippen LogP) is 1.86. The highest BCUT2D eigenvalue weighted by Gasteiger charge is 2.24. The van der Waals surface area contributed by atoms with Gasteiger partial charge in [-0.25, -0.2) is 4.98 Å². The molecule has 1 heterocycles. The van der Waals surface area contributed by atoms with Crippen LogP contribution >= 0.6 is 0 Å². The van der Waals surface area contributed by atoms with Gasteiger partial charge in [0, 0.05) is 39.0 Å². The Balaban J connectivity index is 1.97. The van der Waals surface area contributed by atoms with Gasteiger partial charge in [-0.15, -0.1) is 0 Å². The maximum atomic E-state index is 8.99. The zero-order chi connectivity index (χ0) is 12.8. The van der Waals surface area contributed by atoms with Gasteiger partial charge in [-0.05, 0) is 37.0 Å². The molecule has 18 heavy (non-hydrogen) atoms. The van der Waals surface area contributed by atoms with E-state index in [0.717, 1.165) is 25.3 Å². The molecule has 0 bridgehead atoms. The number of aliphatic hydroxyl groups is 1. The molecule has 100 valence electrons. The summed E-state index contributed by atoms with van der Waals surface area (Å²) in [5.41, 5.74) is 1.29. The van der Waals surface area contributed by atoms with Crippen LogP contribution in [0.3, 0.4) is 0 Å². The lowest BCUT2D eigenvalue weighted by Gasteiger charge is -2.37. The molecule has 1 saturated carbocycles. The van der Waals surface area contributed by atoms with Crippen LogP contribution in [0.15, 0.2) is 18.3 Å². The average molecular weight is 249 g/mol. The molecule has 0 atom stereocenters. The van der Waals surface area contributed by atoms with Crippen molar-refractivity contribution in [2.45, 2.75) is 38.3 Å². The lowest BCUT2D eigenvalue weighted by molar-refractivity contribution is 0.109. The van der Waals surface area contributed by atoms with Crippen LogP contribution in [0, 0.1) is 0 Å². The van der Waals surface area contributed by atoms with Gasteiger partial charge in [0.1, 0.15) is 5.82 Å². The van der Waals surface area contributed by atoms with Crippen molar-refractivity contribution >= 4 is 5.82 Å². The van der Waals surface area contributed by atoms with Gasteiger partial charge in [-0.2, -0.15) is 0 Å². The Morgan fingerprint density at radius 3 is 2.94 bits per heavy atom. The summed E-state index contributed by atoms with van der Waals surface area (Å²) < 4.78 is 0. The molecule has 4 nitrogen and oxygen atoms in total. The normalized spacial score (nSPS) is 15.7. The highest BCUT2D eigenvalue weighted by Crippen LogP contribution is 2.26. The molecular weight excluding hydrogens is 226 g/mol. The standard InChI is InChI=1S/C14H23N3O/c1-15-14-10-12(6-7-16-14)11-17(8-3-9-18)13-4-2-5-13/h6-7,10,13,18H,2-5,8-9,11H2,1H3,(H,15,16). The smallest absolute Gasteiger partial charge is 0.125 e. The number of anilines is 1. The SMILES string of the molecule is CNc1cc(CN(CCCO)C2CCC2)ccn1. The maximum absolute atomic E-state index is 8.99. The zero-order valence-corrected chi connectivity index (χ0v) is 11.1. The largest absolute Gasteiger partial charge is 0.396 e. The van der Waals surface area contributed by atoms with Crippen molar-refractivity contribution in [3.63, 3.8) is 0 Å². The minimum atomic E-state index is 0.279. The van der Waals surface area contributed by atoms with Crippen molar-refractivity contribution in [1.82, 2.24) is 9.88 Å². The predicted molar refractivity (Wildman–Crippen MR) is 73.5 cm³/mol. The highest BCUT2D eigenvalue weighted by molar-refractivity contribution is 5.36. The van der Waals surface area contributed by atoms with E-state index in [9.17, 15) is 0 Å². The van der Waals surface area contributed by atoms with Crippen molar-refractivity contribution in [2.75, 3.05) is 25.5 Å². The van der Waals surface area contributed by atoms with Gasteiger partial charge < -0.3 is 10.4 Å². The summed E-state index contributed by atoms with van der Waals surface area (Å²) in [5, 5.41) is 12.1. The number of aliphatic hydroxyl groups excluding tert-OH is 1. The van der Waals surface area contributed by atoms with Gasteiger partial charge in [-0.1, -0.05) is 6.42 Å². The van der Waals surface area contributed by atoms with E-state index in [1.165, 1.54) is 24.8 Å². The quantitative estimate of drug-likeness (QED) is 0.774. The number of hydrogen-bond donors (Lipinski definition) is 2.